The number of anilines is 2. The molecule has 148 valence electrons. The van der Waals surface area contributed by atoms with Crippen molar-refractivity contribution in [2.24, 2.45) is 0 Å². The third-order valence-electron chi connectivity index (χ3n) is 4.15. The van der Waals surface area contributed by atoms with E-state index in [4.69, 9.17) is 4.74 Å². The second-order valence-electron chi connectivity index (χ2n) is 6.92. The molecule has 0 atom stereocenters. The smallest absolute Gasteiger partial charge is 0.267 e. The van der Waals surface area contributed by atoms with E-state index in [9.17, 15) is 9.59 Å². The van der Waals surface area contributed by atoms with Gasteiger partial charge < -0.3 is 15.4 Å². The highest BCUT2D eigenvalue weighted by Gasteiger charge is 2.30. The first-order chi connectivity index (χ1) is 13.8. The number of para-hydroxylation sites is 1. The van der Waals surface area contributed by atoms with Crippen molar-refractivity contribution >= 4 is 39.1 Å². The maximum Gasteiger partial charge on any atom is 0.267 e. The van der Waals surface area contributed by atoms with Gasteiger partial charge in [0.2, 0.25) is 0 Å². The zero-order chi connectivity index (χ0) is 20.9. The Hall–Kier alpha value is -3.12. The Labute approximate surface area is 178 Å². The first kappa shape index (κ1) is 20.6. The van der Waals surface area contributed by atoms with E-state index >= 15 is 0 Å². The average Bonchev–Trinajstić information content (AvgIpc) is 2.70. The van der Waals surface area contributed by atoms with E-state index < -0.39 is 5.60 Å². The van der Waals surface area contributed by atoms with E-state index in [0.29, 0.717) is 22.7 Å². The number of ether oxygens (including phenoxy) is 1. The van der Waals surface area contributed by atoms with Crippen molar-refractivity contribution in [3.05, 3.63) is 88.9 Å². The molecule has 6 heteroatoms. The topological polar surface area (TPSA) is 67.4 Å². The molecule has 0 radical (unpaired) electrons. The molecule has 0 heterocycles. The van der Waals surface area contributed by atoms with Gasteiger partial charge in [-0.05, 0) is 68.4 Å². The Morgan fingerprint density at radius 2 is 1.45 bits per heavy atom. The molecule has 0 bridgehead atoms. The molecule has 0 aromatic heterocycles. The maximum atomic E-state index is 12.6. The number of hydrogen-bond acceptors (Lipinski definition) is 3. The summed E-state index contributed by atoms with van der Waals surface area (Å²) in [6.07, 6.45) is 0. The lowest BCUT2D eigenvalue weighted by Crippen LogP contribution is -2.42. The van der Waals surface area contributed by atoms with Gasteiger partial charge in [-0.25, -0.2) is 0 Å². The van der Waals surface area contributed by atoms with Crippen molar-refractivity contribution < 1.29 is 14.3 Å². The number of benzene rings is 3. The normalized spacial score (nSPS) is 10.9. The maximum absolute atomic E-state index is 12.6. The summed E-state index contributed by atoms with van der Waals surface area (Å²) >= 11 is 3.35. The molecular formula is C23H21BrN2O3. The second kappa shape index (κ2) is 8.92. The Morgan fingerprint density at radius 1 is 0.828 bits per heavy atom. The summed E-state index contributed by atoms with van der Waals surface area (Å²) < 4.78 is 6.63. The minimum absolute atomic E-state index is 0.208. The van der Waals surface area contributed by atoms with E-state index in [0.717, 1.165) is 4.47 Å². The number of nitrogens with one attached hydrogen (secondary N) is 2. The first-order valence-electron chi connectivity index (χ1n) is 9.06. The molecule has 0 unspecified atom stereocenters. The summed E-state index contributed by atoms with van der Waals surface area (Å²) in [4.78, 5) is 24.9. The van der Waals surface area contributed by atoms with Gasteiger partial charge in [0.05, 0.1) is 0 Å². The largest absolute Gasteiger partial charge is 0.478 e. The van der Waals surface area contributed by atoms with Gasteiger partial charge in [0, 0.05) is 21.4 Å². The van der Waals surface area contributed by atoms with Crippen LogP contribution in [-0.2, 0) is 4.79 Å². The second-order valence-corrected chi connectivity index (χ2v) is 7.84. The van der Waals surface area contributed by atoms with Gasteiger partial charge >= 0.3 is 0 Å². The first-order valence-corrected chi connectivity index (χ1v) is 9.85. The fourth-order valence-corrected chi connectivity index (χ4v) is 2.98. The molecule has 0 aliphatic carbocycles. The predicted molar refractivity (Wildman–Crippen MR) is 118 cm³/mol. The molecule has 0 aliphatic rings. The number of halogens is 1. The van der Waals surface area contributed by atoms with Gasteiger partial charge in [-0.2, -0.15) is 0 Å². The van der Waals surface area contributed by atoms with Crippen LogP contribution in [0, 0.1) is 0 Å². The molecular weight excluding hydrogens is 432 g/mol. The molecule has 3 aromatic carbocycles. The van der Waals surface area contributed by atoms with Gasteiger partial charge in [-0.15, -0.1) is 0 Å². The zero-order valence-electron chi connectivity index (χ0n) is 16.1. The van der Waals surface area contributed by atoms with Crippen molar-refractivity contribution in [1.82, 2.24) is 0 Å². The van der Waals surface area contributed by atoms with Crippen LogP contribution in [0.2, 0.25) is 0 Å². The van der Waals surface area contributed by atoms with E-state index in [1.807, 2.05) is 24.3 Å². The Kier molecular flexibility index (Phi) is 6.34. The third kappa shape index (κ3) is 5.68. The fraction of sp³-hybridized carbons (Fsp3) is 0.130. The van der Waals surface area contributed by atoms with Gasteiger partial charge in [-0.3, -0.25) is 9.59 Å². The summed E-state index contributed by atoms with van der Waals surface area (Å²) in [7, 11) is 0. The highest BCUT2D eigenvalue weighted by atomic mass is 79.9. The molecule has 2 N–H and O–H groups in total. The molecule has 29 heavy (non-hydrogen) atoms. The Bertz CT molecular complexity index is 1000. The van der Waals surface area contributed by atoms with Crippen molar-refractivity contribution in [2.75, 3.05) is 10.6 Å². The van der Waals surface area contributed by atoms with Crippen LogP contribution in [0.5, 0.6) is 5.75 Å². The van der Waals surface area contributed by atoms with Crippen LogP contribution in [0.3, 0.4) is 0 Å². The summed E-state index contributed by atoms with van der Waals surface area (Å²) in [6, 6.07) is 23.3. The van der Waals surface area contributed by atoms with Gasteiger partial charge in [0.15, 0.2) is 5.60 Å². The molecule has 0 spiro atoms. The lowest BCUT2D eigenvalue weighted by molar-refractivity contribution is -0.128. The lowest BCUT2D eigenvalue weighted by Gasteiger charge is -2.25. The summed E-state index contributed by atoms with van der Waals surface area (Å²) in [5, 5.41) is 5.67. The van der Waals surface area contributed by atoms with Crippen molar-refractivity contribution in [3.8, 4) is 5.75 Å². The van der Waals surface area contributed by atoms with Crippen molar-refractivity contribution in [1.29, 1.82) is 0 Å². The monoisotopic (exact) mass is 452 g/mol. The van der Waals surface area contributed by atoms with Crippen LogP contribution < -0.4 is 15.4 Å². The zero-order valence-corrected chi connectivity index (χ0v) is 17.7. The van der Waals surface area contributed by atoms with Crippen molar-refractivity contribution in [3.63, 3.8) is 0 Å². The number of carbonyl (C=O) groups is 2. The van der Waals surface area contributed by atoms with Crippen LogP contribution in [0.25, 0.3) is 0 Å². The lowest BCUT2D eigenvalue weighted by atomic mass is 10.1. The number of hydrogen-bond donors (Lipinski definition) is 2. The molecule has 0 fully saturated rings. The number of amides is 2. The van der Waals surface area contributed by atoms with Gasteiger partial charge in [0.1, 0.15) is 5.75 Å². The molecule has 0 aliphatic heterocycles. The molecule has 0 saturated carbocycles. The molecule has 5 nitrogen and oxygen atoms in total. The highest BCUT2D eigenvalue weighted by Crippen LogP contribution is 2.21. The third-order valence-corrected chi connectivity index (χ3v) is 4.64. The predicted octanol–water partition coefficient (Wildman–Crippen LogP) is 5.50. The van der Waals surface area contributed by atoms with E-state index in [1.54, 1.807) is 68.4 Å². The number of rotatable bonds is 6. The Balaban J connectivity index is 1.61. The van der Waals surface area contributed by atoms with Crippen LogP contribution >= 0.6 is 15.9 Å². The van der Waals surface area contributed by atoms with E-state index in [-0.39, 0.29) is 11.8 Å². The van der Waals surface area contributed by atoms with Gasteiger partial charge in [0.25, 0.3) is 11.8 Å². The van der Waals surface area contributed by atoms with Crippen LogP contribution in [-0.4, -0.2) is 17.4 Å². The number of carbonyl (C=O) groups excluding carboxylic acids is 2. The molecule has 3 rings (SSSR count). The fourth-order valence-electron chi connectivity index (χ4n) is 2.58. The summed E-state index contributed by atoms with van der Waals surface area (Å²) in [5.41, 5.74) is 0.749. The average molecular weight is 453 g/mol. The van der Waals surface area contributed by atoms with Crippen LogP contribution in [0.15, 0.2) is 83.3 Å². The summed E-state index contributed by atoms with van der Waals surface area (Å²) in [6.45, 7) is 3.42. The van der Waals surface area contributed by atoms with E-state index in [1.165, 1.54) is 0 Å². The SMILES string of the molecule is CC(C)(Oc1ccccc1)C(=O)Nc1ccc(NC(=O)c2cccc(Br)c2)cc1. The van der Waals surface area contributed by atoms with Crippen LogP contribution in [0.4, 0.5) is 11.4 Å². The van der Waals surface area contributed by atoms with Gasteiger partial charge in [-0.1, -0.05) is 40.2 Å². The summed E-state index contributed by atoms with van der Waals surface area (Å²) in [5.74, 6) is 0.144. The minimum Gasteiger partial charge on any atom is -0.478 e. The van der Waals surface area contributed by atoms with Crippen LogP contribution in [0.1, 0.15) is 24.2 Å². The molecule has 3 aromatic rings. The molecule has 0 saturated heterocycles. The molecule has 2 amide bonds. The highest BCUT2D eigenvalue weighted by molar-refractivity contribution is 9.10. The van der Waals surface area contributed by atoms with Crippen molar-refractivity contribution in [2.45, 2.75) is 19.4 Å². The standard InChI is InChI=1S/C23H21BrN2O3/c1-23(2,29-20-9-4-3-5-10-20)22(28)26-19-13-11-18(12-14-19)25-21(27)16-7-6-8-17(24)15-16/h3-15H,1-2H3,(H,25,27)(H,26,28). The minimum atomic E-state index is -1.05. The quantitative estimate of drug-likeness (QED) is 0.518. The Morgan fingerprint density at radius 3 is 2.07 bits per heavy atom. The van der Waals surface area contributed by atoms with E-state index in [2.05, 4.69) is 26.6 Å².